The molecule has 2 nitrogen and oxygen atoms in total. The maximum Gasteiger partial charge on any atom is 0.0639 e. The van der Waals surface area contributed by atoms with Gasteiger partial charge in [0.1, 0.15) is 0 Å². The Hall–Kier alpha value is -0.730. The maximum absolute atomic E-state index is 5.86. The van der Waals surface area contributed by atoms with Crippen LogP contribution in [0.3, 0.4) is 0 Å². The maximum atomic E-state index is 5.86. The zero-order chi connectivity index (χ0) is 11.1. The molecule has 0 amide bonds. The van der Waals surface area contributed by atoms with E-state index in [1.807, 2.05) is 24.3 Å². The summed E-state index contributed by atoms with van der Waals surface area (Å²) >= 11 is 5.86. The molecule has 0 aliphatic carbocycles. The zero-order valence-electron chi connectivity index (χ0n) is 9.29. The van der Waals surface area contributed by atoms with Crippen molar-refractivity contribution < 1.29 is 4.74 Å². The van der Waals surface area contributed by atoms with E-state index in [0.29, 0.717) is 5.92 Å². The predicted octanol–water partition coefficient (Wildman–Crippen LogP) is 3.42. The summed E-state index contributed by atoms with van der Waals surface area (Å²) in [5, 5.41) is 4.00. The van der Waals surface area contributed by atoms with Gasteiger partial charge in [-0.05, 0) is 24.1 Å². The lowest BCUT2D eigenvalue weighted by molar-refractivity contribution is 0.118. The quantitative estimate of drug-likeness (QED) is 0.752. The Morgan fingerprint density at radius 3 is 2.87 bits per heavy atom. The Bertz CT molecular complexity index is 289. The first-order valence-electron chi connectivity index (χ1n) is 5.25. The molecule has 0 heterocycles. The molecule has 0 aliphatic heterocycles. The second-order valence-corrected chi connectivity index (χ2v) is 4.34. The Kier molecular flexibility index (Phi) is 5.51. The van der Waals surface area contributed by atoms with Crippen molar-refractivity contribution in [3.8, 4) is 0 Å². The molecule has 15 heavy (non-hydrogen) atoms. The highest BCUT2D eigenvalue weighted by Gasteiger charge is 1.95. The van der Waals surface area contributed by atoms with Crippen molar-refractivity contribution in [1.82, 2.24) is 0 Å². The number of benzene rings is 1. The Morgan fingerprint density at radius 2 is 2.20 bits per heavy atom. The minimum Gasteiger partial charge on any atom is -0.383 e. The molecule has 0 aromatic heterocycles. The predicted molar refractivity (Wildman–Crippen MR) is 65.6 cm³/mol. The number of hydrogen-bond donors (Lipinski definition) is 1. The normalized spacial score (nSPS) is 10.7. The van der Waals surface area contributed by atoms with Crippen molar-refractivity contribution in [3.63, 3.8) is 0 Å². The summed E-state index contributed by atoms with van der Waals surface area (Å²) < 4.78 is 5.45. The highest BCUT2D eigenvalue weighted by molar-refractivity contribution is 6.30. The van der Waals surface area contributed by atoms with Crippen LogP contribution in [0.25, 0.3) is 0 Å². The molecular weight excluding hydrogens is 210 g/mol. The molecule has 0 saturated carbocycles. The van der Waals surface area contributed by atoms with Gasteiger partial charge >= 0.3 is 0 Å². The van der Waals surface area contributed by atoms with Gasteiger partial charge in [-0.3, -0.25) is 0 Å². The first-order chi connectivity index (χ1) is 7.18. The Balaban J connectivity index is 2.15. The van der Waals surface area contributed by atoms with Crippen LogP contribution in [0, 0.1) is 5.92 Å². The van der Waals surface area contributed by atoms with Crippen LogP contribution in [0.4, 0.5) is 5.69 Å². The molecule has 3 heteroatoms. The van der Waals surface area contributed by atoms with Crippen molar-refractivity contribution >= 4 is 17.3 Å². The fourth-order valence-corrected chi connectivity index (χ4v) is 1.38. The number of hydrogen-bond acceptors (Lipinski definition) is 2. The Morgan fingerprint density at radius 1 is 1.40 bits per heavy atom. The first-order valence-corrected chi connectivity index (χ1v) is 5.63. The first kappa shape index (κ1) is 12.3. The average molecular weight is 228 g/mol. The lowest BCUT2D eigenvalue weighted by atomic mass is 10.2. The molecule has 0 unspecified atom stereocenters. The van der Waals surface area contributed by atoms with Gasteiger partial charge in [-0.2, -0.15) is 0 Å². The van der Waals surface area contributed by atoms with Crippen LogP contribution in [0.15, 0.2) is 24.3 Å². The van der Waals surface area contributed by atoms with Gasteiger partial charge < -0.3 is 10.1 Å². The van der Waals surface area contributed by atoms with Crippen LogP contribution in [0.5, 0.6) is 0 Å². The molecule has 84 valence electrons. The molecule has 0 atom stereocenters. The summed E-state index contributed by atoms with van der Waals surface area (Å²) in [5.74, 6) is 0.594. The molecule has 0 saturated heterocycles. The van der Waals surface area contributed by atoms with E-state index in [1.54, 1.807) is 0 Å². The van der Waals surface area contributed by atoms with Gasteiger partial charge in [0, 0.05) is 23.9 Å². The minimum absolute atomic E-state index is 0.594. The second-order valence-electron chi connectivity index (χ2n) is 3.91. The van der Waals surface area contributed by atoms with E-state index in [9.17, 15) is 0 Å². The smallest absolute Gasteiger partial charge is 0.0639 e. The van der Waals surface area contributed by atoms with E-state index in [2.05, 4.69) is 19.2 Å². The van der Waals surface area contributed by atoms with E-state index in [4.69, 9.17) is 16.3 Å². The fourth-order valence-electron chi connectivity index (χ4n) is 1.19. The Labute approximate surface area is 96.6 Å². The number of halogens is 1. The number of anilines is 1. The largest absolute Gasteiger partial charge is 0.383 e. The molecule has 1 N–H and O–H groups in total. The van der Waals surface area contributed by atoms with E-state index >= 15 is 0 Å². The fraction of sp³-hybridized carbons (Fsp3) is 0.500. The van der Waals surface area contributed by atoms with Gasteiger partial charge in [-0.25, -0.2) is 0 Å². The third-order valence-electron chi connectivity index (χ3n) is 1.85. The van der Waals surface area contributed by atoms with Crippen LogP contribution in [-0.2, 0) is 4.74 Å². The standard InChI is InChI=1S/C12H18ClNO/c1-10(2)9-15-7-6-14-12-5-3-4-11(13)8-12/h3-5,8,10,14H,6-7,9H2,1-2H3. The zero-order valence-corrected chi connectivity index (χ0v) is 10.1. The van der Waals surface area contributed by atoms with E-state index in [1.165, 1.54) is 0 Å². The summed E-state index contributed by atoms with van der Waals surface area (Å²) in [6.45, 7) is 6.64. The molecule has 1 aromatic carbocycles. The van der Waals surface area contributed by atoms with Crippen molar-refractivity contribution in [2.45, 2.75) is 13.8 Å². The van der Waals surface area contributed by atoms with E-state index < -0.39 is 0 Å². The van der Waals surface area contributed by atoms with Gasteiger partial charge in [0.05, 0.1) is 6.61 Å². The lowest BCUT2D eigenvalue weighted by Gasteiger charge is -2.08. The summed E-state index contributed by atoms with van der Waals surface area (Å²) in [7, 11) is 0. The van der Waals surface area contributed by atoms with Crippen molar-refractivity contribution in [2.24, 2.45) is 5.92 Å². The summed E-state index contributed by atoms with van der Waals surface area (Å²) in [4.78, 5) is 0. The van der Waals surface area contributed by atoms with Crippen molar-refractivity contribution in [2.75, 3.05) is 25.1 Å². The topological polar surface area (TPSA) is 21.3 Å². The SMILES string of the molecule is CC(C)COCCNc1cccc(Cl)c1. The monoisotopic (exact) mass is 227 g/mol. The summed E-state index contributed by atoms with van der Waals surface area (Å²) in [6, 6.07) is 7.69. The van der Waals surface area contributed by atoms with E-state index in [0.717, 1.165) is 30.5 Å². The second kappa shape index (κ2) is 6.70. The summed E-state index contributed by atoms with van der Waals surface area (Å²) in [6.07, 6.45) is 0. The van der Waals surface area contributed by atoms with Crippen LogP contribution in [0.2, 0.25) is 5.02 Å². The highest BCUT2D eigenvalue weighted by Crippen LogP contribution is 2.14. The number of ether oxygens (including phenoxy) is 1. The van der Waals surface area contributed by atoms with Crippen LogP contribution in [-0.4, -0.2) is 19.8 Å². The van der Waals surface area contributed by atoms with Crippen LogP contribution >= 0.6 is 11.6 Å². The third-order valence-corrected chi connectivity index (χ3v) is 2.09. The molecule has 0 spiro atoms. The number of rotatable bonds is 6. The van der Waals surface area contributed by atoms with Crippen molar-refractivity contribution in [1.29, 1.82) is 0 Å². The molecule has 0 fully saturated rings. The van der Waals surface area contributed by atoms with Gasteiger partial charge in [0.15, 0.2) is 0 Å². The molecule has 1 aromatic rings. The molecule has 1 rings (SSSR count). The van der Waals surface area contributed by atoms with Gasteiger partial charge in [-0.15, -0.1) is 0 Å². The lowest BCUT2D eigenvalue weighted by Crippen LogP contribution is -2.11. The third kappa shape index (κ3) is 5.65. The molecule has 0 bridgehead atoms. The molecular formula is C12H18ClNO. The molecule has 0 aliphatic rings. The van der Waals surface area contributed by atoms with Gasteiger partial charge in [0.25, 0.3) is 0 Å². The van der Waals surface area contributed by atoms with E-state index in [-0.39, 0.29) is 0 Å². The minimum atomic E-state index is 0.594. The molecule has 0 radical (unpaired) electrons. The highest BCUT2D eigenvalue weighted by atomic mass is 35.5. The average Bonchev–Trinajstić information content (AvgIpc) is 2.17. The van der Waals surface area contributed by atoms with Gasteiger partial charge in [0.2, 0.25) is 0 Å². The van der Waals surface area contributed by atoms with Crippen LogP contribution < -0.4 is 5.32 Å². The van der Waals surface area contributed by atoms with Crippen LogP contribution in [0.1, 0.15) is 13.8 Å². The van der Waals surface area contributed by atoms with Crippen molar-refractivity contribution in [3.05, 3.63) is 29.3 Å². The van der Waals surface area contributed by atoms with Gasteiger partial charge in [-0.1, -0.05) is 31.5 Å². The summed E-state index contributed by atoms with van der Waals surface area (Å²) in [5.41, 5.74) is 1.04. The number of nitrogens with one attached hydrogen (secondary N) is 1.